The molecule has 0 bridgehead atoms. The number of pyridine rings is 1. The summed E-state index contributed by atoms with van der Waals surface area (Å²) in [6, 6.07) is 10.6. The predicted molar refractivity (Wildman–Crippen MR) is 84.8 cm³/mol. The highest BCUT2D eigenvalue weighted by Gasteiger charge is 2.26. The second kappa shape index (κ2) is 5.42. The quantitative estimate of drug-likeness (QED) is 0.805. The molecule has 0 aliphatic carbocycles. The maximum absolute atomic E-state index is 11.7. The van der Waals surface area contributed by atoms with Gasteiger partial charge in [-0.15, -0.1) is 0 Å². The molecule has 0 saturated carbocycles. The first-order valence-corrected chi connectivity index (χ1v) is 8.62. The van der Waals surface area contributed by atoms with Crippen LogP contribution in [0.2, 0.25) is 0 Å². The molecule has 0 atom stereocenters. The Morgan fingerprint density at radius 1 is 1.27 bits per heavy atom. The number of hydrogen-bond donors (Lipinski definition) is 0. The fourth-order valence-corrected chi connectivity index (χ4v) is 3.55. The summed E-state index contributed by atoms with van der Waals surface area (Å²) in [5, 5.41) is 0. The number of hydrogen-bond acceptors (Lipinski definition) is 4. The van der Waals surface area contributed by atoms with Crippen LogP contribution >= 0.6 is 0 Å². The molecule has 0 spiro atoms. The van der Waals surface area contributed by atoms with Gasteiger partial charge < -0.3 is 0 Å². The highest BCUT2D eigenvalue weighted by molar-refractivity contribution is 7.92. The standard InChI is InChI=1S/C15H15N3O3S/c1-22(20,21)18-9-7-12-10-13(5-6-14(12)18)17(11-19)15-4-2-3-8-16-15/h2-6,8,10-11H,7,9H2,1H3. The minimum atomic E-state index is -3.27. The largest absolute Gasteiger partial charge is 0.278 e. The molecule has 2 heterocycles. The summed E-state index contributed by atoms with van der Waals surface area (Å²) in [5.41, 5.74) is 2.26. The van der Waals surface area contributed by atoms with Gasteiger partial charge >= 0.3 is 0 Å². The fourth-order valence-electron chi connectivity index (χ4n) is 2.60. The van der Waals surface area contributed by atoms with Crippen LogP contribution in [0.1, 0.15) is 5.56 Å². The Hall–Kier alpha value is -2.41. The van der Waals surface area contributed by atoms with Crippen molar-refractivity contribution < 1.29 is 13.2 Å². The average Bonchev–Trinajstić information content (AvgIpc) is 2.92. The Balaban J connectivity index is 2.00. The number of anilines is 3. The lowest BCUT2D eigenvalue weighted by molar-refractivity contribution is -0.106. The topological polar surface area (TPSA) is 70.6 Å². The summed E-state index contributed by atoms with van der Waals surface area (Å²) >= 11 is 0. The first-order valence-electron chi connectivity index (χ1n) is 6.77. The van der Waals surface area contributed by atoms with E-state index in [4.69, 9.17) is 0 Å². The lowest BCUT2D eigenvalue weighted by Crippen LogP contribution is -2.27. The molecule has 2 aromatic rings. The van der Waals surface area contributed by atoms with Gasteiger partial charge in [0.1, 0.15) is 5.82 Å². The van der Waals surface area contributed by atoms with Crippen molar-refractivity contribution in [2.45, 2.75) is 6.42 Å². The lowest BCUT2D eigenvalue weighted by Gasteiger charge is -2.19. The van der Waals surface area contributed by atoms with Crippen LogP contribution in [0.25, 0.3) is 0 Å². The number of fused-ring (bicyclic) bond motifs is 1. The van der Waals surface area contributed by atoms with Gasteiger partial charge in [0.25, 0.3) is 0 Å². The molecule has 0 N–H and O–H groups in total. The number of nitrogens with zero attached hydrogens (tertiary/aromatic N) is 3. The smallest absolute Gasteiger partial charge is 0.232 e. The number of aromatic nitrogens is 1. The van der Waals surface area contributed by atoms with Crippen LogP contribution in [0.3, 0.4) is 0 Å². The van der Waals surface area contributed by atoms with Gasteiger partial charge in [-0.25, -0.2) is 13.4 Å². The van der Waals surface area contributed by atoms with Crippen molar-refractivity contribution in [1.82, 2.24) is 4.98 Å². The van der Waals surface area contributed by atoms with Crippen molar-refractivity contribution in [3.8, 4) is 0 Å². The molecular formula is C15H15N3O3S. The molecule has 22 heavy (non-hydrogen) atoms. The summed E-state index contributed by atoms with van der Waals surface area (Å²) in [5.74, 6) is 0.524. The zero-order chi connectivity index (χ0) is 15.7. The summed E-state index contributed by atoms with van der Waals surface area (Å²) in [7, 11) is -3.27. The third-order valence-corrected chi connectivity index (χ3v) is 4.78. The van der Waals surface area contributed by atoms with E-state index < -0.39 is 10.0 Å². The minimum Gasteiger partial charge on any atom is -0.278 e. The number of benzene rings is 1. The van der Waals surface area contributed by atoms with Crippen LogP contribution in [0.5, 0.6) is 0 Å². The van der Waals surface area contributed by atoms with Gasteiger partial charge in [0.2, 0.25) is 16.4 Å². The lowest BCUT2D eigenvalue weighted by atomic mass is 10.1. The normalized spacial score (nSPS) is 13.8. The number of amides is 1. The summed E-state index contributed by atoms with van der Waals surface area (Å²) < 4.78 is 24.9. The van der Waals surface area contributed by atoms with Crippen molar-refractivity contribution in [3.63, 3.8) is 0 Å². The van der Waals surface area contributed by atoms with Gasteiger partial charge in [-0.3, -0.25) is 14.0 Å². The highest BCUT2D eigenvalue weighted by Crippen LogP contribution is 2.34. The third kappa shape index (κ3) is 2.55. The maximum Gasteiger partial charge on any atom is 0.232 e. The SMILES string of the molecule is CS(=O)(=O)N1CCc2cc(N(C=O)c3ccccn3)ccc21. The van der Waals surface area contributed by atoms with E-state index in [1.165, 1.54) is 15.5 Å². The molecule has 6 nitrogen and oxygen atoms in total. The molecule has 0 unspecified atom stereocenters. The van der Waals surface area contributed by atoms with E-state index in [9.17, 15) is 13.2 Å². The van der Waals surface area contributed by atoms with Gasteiger partial charge in [0.15, 0.2) is 0 Å². The molecule has 3 rings (SSSR count). The van der Waals surface area contributed by atoms with Crippen LogP contribution in [0, 0.1) is 0 Å². The van der Waals surface area contributed by atoms with Gasteiger partial charge in [-0.2, -0.15) is 0 Å². The van der Waals surface area contributed by atoms with Crippen molar-refractivity contribution >= 4 is 33.6 Å². The Bertz CT molecular complexity index is 806. The minimum absolute atomic E-state index is 0.433. The zero-order valence-electron chi connectivity index (χ0n) is 12.0. The van der Waals surface area contributed by atoms with Gasteiger partial charge in [-0.1, -0.05) is 6.07 Å². The average molecular weight is 317 g/mol. The molecule has 0 saturated heterocycles. The Labute approximate surface area is 129 Å². The number of carbonyl (C=O) groups is 1. The zero-order valence-corrected chi connectivity index (χ0v) is 12.8. The molecule has 1 amide bonds. The molecule has 1 aromatic heterocycles. The number of carbonyl (C=O) groups excluding carboxylic acids is 1. The number of sulfonamides is 1. The second-order valence-electron chi connectivity index (χ2n) is 5.06. The van der Waals surface area contributed by atoms with E-state index in [-0.39, 0.29) is 0 Å². The van der Waals surface area contributed by atoms with Crippen LogP contribution < -0.4 is 9.21 Å². The van der Waals surface area contributed by atoms with Gasteiger partial charge in [0, 0.05) is 12.7 Å². The van der Waals surface area contributed by atoms with Gasteiger partial charge in [-0.05, 0) is 42.3 Å². The van der Waals surface area contributed by atoms with E-state index in [1.54, 1.807) is 36.5 Å². The molecule has 1 aromatic carbocycles. The van der Waals surface area contributed by atoms with Gasteiger partial charge in [0.05, 0.1) is 17.6 Å². The molecule has 114 valence electrons. The highest BCUT2D eigenvalue weighted by atomic mass is 32.2. The Morgan fingerprint density at radius 3 is 2.73 bits per heavy atom. The molecule has 1 aliphatic rings. The maximum atomic E-state index is 11.7. The molecular weight excluding hydrogens is 302 g/mol. The van der Waals surface area contributed by atoms with Crippen molar-refractivity contribution in [1.29, 1.82) is 0 Å². The van der Waals surface area contributed by atoms with E-state index >= 15 is 0 Å². The molecule has 1 aliphatic heterocycles. The first-order chi connectivity index (χ1) is 10.5. The van der Waals surface area contributed by atoms with E-state index in [2.05, 4.69) is 4.98 Å². The fraction of sp³-hybridized carbons (Fsp3) is 0.200. The van der Waals surface area contributed by atoms with Crippen LogP contribution in [-0.4, -0.2) is 32.6 Å². The monoisotopic (exact) mass is 317 g/mol. The molecule has 0 fully saturated rings. The summed E-state index contributed by atoms with van der Waals surface area (Å²) in [6.45, 7) is 0.433. The van der Waals surface area contributed by atoms with Crippen LogP contribution in [0.15, 0.2) is 42.6 Å². The van der Waals surface area contributed by atoms with Crippen LogP contribution in [0.4, 0.5) is 17.2 Å². The van der Waals surface area contributed by atoms with E-state index in [0.29, 0.717) is 36.6 Å². The Morgan fingerprint density at radius 2 is 2.09 bits per heavy atom. The Kier molecular flexibility index (Phi) is 3.58. The van der Waals surface area contributed by atoms with Crippen molar-refractivity contribution in [2.75, 3.05) is 22.0 Å². The van der Waals surface area contributed by atoms with E-state index in [1.807, 2.05) is 6.07 Å². The molecule has 0 radical (unpaired) electrons. The first kappa shape index (κ1) is 14.5. The number of rotatable bonds is 4. The predicted octanol–water partition coefficient (Wildman–Crippen LogP) is 1.70. The van der Waals surface area contributed by atoms with Crippen molar-refractivity contribution in [3.05, 3.63) is 48.2 Å². The van der Waals surface area contributed by atoms with Crippen LogP contribution in [-0.2, 0) is 21.2 Å². The molecule has 7 heteroatoms. The van der Waals surface area contributed by atoms with E-state index in [0.717, 1.165) is 5.56 Å². The summed E-state index contributed by atoms with van der Waals surface area (Å²) in [4.78, 5) is 17.0. The summed E-state index contributed by atoms with van der Waals surface area (Å²) in [6.07, 6.45) is 4.14. The van der Waals surface area contributed by atoms with Crippen molar-refractivity contribution in [2.24, 2.45) is 0 Å². The second-order valence-corrected chi connectivity index (χ2v) is 6.97. The third-order valence-electron chi connectivity index (χ3n) is 3.60.